The zero-order valence-corrected chi connectivity index (χ0v) is 22.5. The third-order valence-corrected chi connectivity index (χ3v) is 8.33. The van der Waals surface area contributed by atoms with Gasteiger partial charge >= 0.3 is 0 Å². The van der Waals surface area contributed by atoms with Crippen LogP contribution in [0.3, 0.4) is 0 Å². The SMILES string of the molecule is CC(C)(C)[C@H]1CCc2c(sc(N=Cc3cccn3-c3ccc([N+](=O)[O-])cc3)c2C(=O)Nc2ccccc2)C1. The van der Waals surface area contributed by atoms with Gasteiger partial charge in [-0.3, -0.25) is 14.9 Å². The molecule has 194 valence electrons. The van der Waals surface area contributed by atoms with E-state index in [0.29, 0.717) is 16.5 Å². The van der Waals surface area contributed by atoms with E-state index < -0.39 is 4.92 Å². The first-order chi connectivity index (χ1) is 18.2. The van der Waals surface area contributed by atoms with E-state index in [2.05, 4.69) is 26.1 Å². The lowest BCUT2D eigenvalue weighted by Crippen LogP contribution is -2.27. The molecule has 0 unspecified atom stereocenters. The Labute approximate surface area is 226 Å². The number of rotatable bonds is 6. The molecule has 0 spiro atoms. The van der Waals surface area contributed by atoms with Crippen LogP contribution >= 0.6 is 11.3 Å². The summed E-state index contributed by atoms with van der Waals surface area (Å²) in [6.45, 7) is 6.85. The number of para-hydroxylation sites is 1. The van der Waals surface area contributed by atoms with Gasteiger partial charge in [0.05, 0.1) is 22.4 Å². The number of nitro groups is 1. The predicted octanol–water partition coefficient (Wildman–Crippen LogP) is 7.60. The summed E-state index contributed by atoms with van der Waals surface area (Å²) in [6, 6.07) is 19.7. The number of amides is 1. The Bertz CT molecular complexity index is 1490. The number of thiophene rings is 1. The largest absolute Gasteiger partial charge is 0.322 e. The number of aliphatic imine (C=N–C) groups is 1. The number of carbonyl (C=O) groups is 1. The van der Waals surface area contributed by atoms with Crippen LogP contribution in [-0.4, -0.2) is 21.6 Å². The average molecular weight is 527 g/mol. The minimum absolute atomic E-state index is 0.0444. The summed E-state index contributed by atoms with van der Waals surface area (Å²) >= 11 is 1.61. The molecule has 1 aliphatic rings. The second-order valence-electron chi connectivity index (χ2n) is 10.6. The number of non-ortho nitro benzene ring substituents is 1. The predicted molar refractivity (Wildman–Crippen MR) is 153 cm³/mol. The van der Waals surface area contributed by atoms with Crippen molar-refractivity contribution in [3.63, 3.8) is 0 Å². The van der Waals surface area contributed by atoms with Crippen molar-refractivity contribution in [3.8, 4) is 5.69 Å². The molecule has 38 heavy (non-hydrogen) atoms. The van der Waals surface area contributed by atoms with Gasteiger partial charge in [-0.25, -0.2) is 4.99 Å². The molecule has 5 rings (SSSR count). The molecule has 1 atom stereocenters. The summed E-state index contributed by atoms with van der Waals surface area (Å²) < 4.78 is 1.92. The minimum Gasteiger partial charge on any atom is -0.322 e. The first-order valence-corrected chi connectivity index (χ1v) is 13.5. The number of carbonyl (C=O) groups excluding carboxylic acids is 1. The molecule has 0 saturated heterocycles. The molecule has 4 aromatic rings. The van der Waals surface area contributed by atoms with E-state index in [9.17, 15) is 14.9 Å². The van der Waals surface area contributed by atoms with Crippen molar-refractivity contribution in [2.75, 3.05) is 5.32 Å². The maximum atomic E-state index is 13.5. The standard InChI is InChI=1S/C30H30N4O3S/c1-30(2,3)20-11-16-25-26(18-20)38-29(27(25)28(35)32-21-8-5-4-6-9-21)31-19-24-10-7-17-33(24)22-12-14-23(15-13-22)34(36)37/h4-10,12-15,17,19-20H,11,16,18H2,1-3H3,(H,32,35)/t20-/m0/s1. The number of benzene rings is 2. The molecule has 2 aromatic carbocycles. The summed E-state index contributed by atoms with van der Waals surface area (Å²) in [4.78, 5) is 30.2. The zero-order chi connectivity index (χ0) is 26.9. The number of anilines is 1. The third kappa shape index (κ3) is 5.31. The van der Waals surface area contributed by atoms with E-state index >= 15 is 0 Å². The molecule has 1 N–H and O–H groups in total. The fourth-order valence-electron chi connectivity index (χ4n) is 4.95. The lowest BCUT2D eigenvalue weighted by molar-refractivity contribution is -0.384. The summed E-state index contributed by atoms with van der Waals surface area (Å²) in [6.07, 6.45) is 6.51. The van der Waals surface area contributed by atoms with Gasteiger partial charge in [-0.05, 0) is 72.6 Å². The van der Waals surface area contributed by atoms with Gasteiger partial charge in [0.15, 0.2) is 0 Å². The topological polar surface area (TPSA) is 89.5 Å². The van der Waals surface area contributed by atoms with Gasteiger partial charge in [-0.1, -0.05) is 39.0 Å². The molecule has 8 heteroatoms. The van der Waals surface area contributed by atoms with Gasteiger partial charge in [0.2, 0.25) is 0 Å². The summed E-state index contributed by atoms with van der Waals surface area (Å²) in [5.74, 6) is 0.413. The van der Waals surface area contributed by atoms with Crippen molar-refractivity contribution in [2.45, 2.75) is 40.0 Å². The monoisotopic (exact) mass is 526 g/mol. The van der Waals surface area contributed by atoms with E-state index in [1.54, 1.807) is 29.7 Å². The highest BCUT2D eigenvalue weighted by atomic mass is 32.1. The number of fused-ring (bicyclic) bond motifs is 1. The van der Waals surface area contributed by atoms with Crippen LogP contribution in [0.4, 0.5) is 16.4 Å². The third-order valence-electron chi connectivity index (χ3n) is 7.16. The normalized spacial score (nSPS) is 15.4. The second-order valence-corrected chi connectivity index (χ2v) is 11.7. The highest BCUT2D eigenvalue weighted by molar-refractivity contribution is 7.16. The van der Waals surface area contributed by atoms with Crippen LogP contribution in [0.5, 0.6) is 0 Å². The van der Waals surface area contributed by atoms with Crippen LogP contribution in [0.15, 0.2) is 77.9 Å². The van der Waals surface area contributed by atoms with Crippen LogP contribution in [0.1, 0.15) is 53.7 Å². The Balaban J connectivity index is 1.49. The lowest BCUT2D eigenvalue weighted by atomic mass is 9.72. The van der Waals surface area contributed by atoms with Gasteiger partial charge < -0.3 is 9.88 Å². The zero-order valence-electron chi connectivity index (χ0n) is 21.7. The van der Waals surface area contributed by atoms with Crippen molar-refractivity contribution < 1.29 is 9.72 Å². The summed E-state index contributed by atoms with van der Waals surface area (Å²) in [5.41, 5.74) is 4.37. The molecule has 7 nitrogen and oxygen atoms in total. The van der Waals surface area contributed by atoms with Crippen molar-refractivity contribution in [3.05, 3.63) is 105 Å². The number of nitrogens with zero attached hydrogens (tertiary/aromatic N) is 3. The Kier molecular flexibility index (Phi) is 6.99. The molecule has 1 amide bonds. The highest BCUT2D eigenvalue weighted by Crippen LogP contribution is 2.45. The van der Waals surface area contributed by atoms with Crippen LogP contribution in [-0.2, 0) is 12.8 Å². The maximum Gasteiger partial charge on any atom is 0.269 e. The summed E-state index contributed by atoms with van der Waals surface area (Å²) in [5, 5.41) is 14.8. The summed E-state index contributed by atoms with van der Waals surface area (Å²) in [7, 11) is 0. The van der Waals surface area contributed by atoms with Crippen molar-refractivity contribution in [2.24, 2.45) is 16.3 Å². The smallest absolute Gasteiger partial charge is 0.269 e. The molecule has 0 saturated carbocycles. The van der Waals surface area contributed by atoms with Crippen LogP contribution in [0.25, 0.3) is 5.69 Å². The molecule has 0 radical (unpaired) electrons. The fourth-order valence-corrected chi connectivity index (χ4v) is 6.21. The van der Waals surface area contributed by atoms with Crippen molar-refractivity contribution in [1.82, 2.24) is 4.57 Å². The Morgan fingerprint density at radius 3 is 2.53 bits per heavy atom. The number of hydrogen-bond donors (Lipinski definition) is 1. The maximum absolute atomic E-state index is 13.5. The van der Waals surface area contributed by atoms with E-state index in [1.807, 2.05) is 53.2 Å². The molecule has 0 fully saturated rings. The van der Waals surface area contributed by atoms with Gasteiger partial charge in [-0.15, -0.1) is 11.3 Å². The van der Waals surface area contributed by atoms with Gasteiger partial charge in [0.25, 0.3) is 11.6 Å². The molecule has 2 aromatic heterocycles. The van der Waals surface area contributed by atoms with Crippen molar-refractivity contribution >= 4 is 39.8 Å². The van der Waals surface area contributed by atoms with E-state index in [0.717, 1.165) is 41.9 Å². The molecule has 1 aliphatic carbocycles. The molecule has 2 heterocycles. The van der Waals surface area contributed by atoms with Gasteiger partial charge in [0.1, 0.15) is 5.00 Å². The fraction of sp³-hybridized carbons (Fsp3) is 0.267. The lowest BCUT2D eigenvalue weighted by Gasteiger charge is -2.33. The van der Waals surface area contributed by atoms with Crippen LogP contribution in [0.2, 0.25) is 0 Å². The van der Waals surface area contributed by atoms with E-state index in [4.69, 9.17) is 4.99 Å². The second kappa shape index (κ2) is 10.4. The molecule has 0 aliphatic heterocycles. The van der Waals surface area contributed by atoms with Gasteiger partial charge in [-0.2, -0.15) is 0 Å². The van der Waals surface area contributed by atoms with E-state index in [1.165, 1.54) is 17.0 Å². The van der Waals surface area contributed by atoms with Crippen LogP contribution in [0, 0.1) is 21.4 Å². The quantitative estimate of drug-likeness (QED) is 0.159. The van der Waals surface area contributed by atoms with E-state index in [-0.39, 0.29) is 17.0 Å². The Morgan fingerprint density at radius 2 is 1.84 bits per heavy atom. The Hall–Kier alpha value is -4.04. The number of nitro benzene ring substituents is 1. The number of nitrogens with one attached hydrogen (secondary N) is 1. The molecule has 0 bridgehead atoms. The first-order valence-electron chi connectivity index (χ1n) is 12.7. The number of aromatic nitrogens is 1. The first kappa shape index (κ1) is 25.6. The average Bonchev–Trinajstić information content (AvgIpc) is 3.51. The van der Waals surface area contributed by atoms with Crippen LogP contribution < -0.4 is 5.32 Å². The highest BCUT2D eigenvalue weighted by Gasteiger charge is 2.33. The number of hydrogen-bond acceptors (Lipinski definition) is 5. The molecular formula is C30H30N4O3S. The Morgan fingerprint density at radius 1 is 1.11 bits per heavy atom. The molecular weight excluding hydrogens is 496 g/mol. The minimum atomic E-state index is -0.410. The van der Waals surface area contributed by atoms with Crippen molar-refractivity contribution in [1.29, 1.82) is 0 Å². The van der Waals surface area contributed by atoms with Gasteiger partial charge in [0, 0.05) is 34.6 Å².